The van der Waals surface area contributed by atoms with Crippen molar-refractivity contribution in [1.82, 2.24) is 19.2 Å². The SMILES string of the molecule is CNCC1CCCCN1S(=O)(=O)NCC1CCCN1C. The van der Waals surface area contributed by atoms with E-state index >= 15 is 0 Å². The van der Waals surface area contributed by atoms with E-state index < -0.39 is 10.2 Å². The molecule has 2 atom stereocenters. The predicted molar refractivity (Wildman–Crippen MR) is 80.8 cm³/mol. The first-order chi connectivity index (χ1) is 9.54. The van der Waals surface area contributed by atoms with Crippen molar-refractivity contribution in [3.05, 3.63) is 0 Å². The molecule has 0 amide bonds. The Labute approximate surface area is 123 Å². The van der Waals surface area contributed by atoms with Gasteiger partial charge in [-0.1, -0.05) is 6.42 Å². The number of nitrogens with zero attached hydrogens (tertiary/aromatic N) is 2. The largest absolute Gasteiger partial charge is 0.318 e. The molecule has 2 fully saturated rings. The van der Waals surface area contributed by atoms with Crippen LogP contribution in [0.5, 0.6) is 0 Å². The third kappa shape index (κ3) is 3.92. The lowest BCUT2D eigenvalue weighted by Gasteiger charge is -2.35. The molecule has 2 aliphatic heterocycles. The van der Waals surface area contributed by atoms with Crippen LogP contribution in [0.4, 0.5) is 0 Å². The summed E-state index contributed by atoms with van der Waals surface area (Å²) in [5, 5.41) is 3.10. The molecule has 2 unspecified atom stereocenters. The van der Waals surface area contributed by atoms with Crippen LogP contribution < -0.4 is 10.0 Å². The van der Waals surface area contributed by atoms with Crippen LogP contribution in [0.3, 0.4) is 0 Å². The van der Waals surface area contributed by atoms with Gasteiger partial charge < -0.3 is 10.2 Å². The molecule has 7 heteroatoms. The Bertz CT molecular complexity index is 399. The van der Waals surface area contributed by atoms with Gasteiger partial charge >= 0.3 is 0 Å². The number of likely N-dealkylation sites (tertiary alicyclic amines) is 1. The molecule has 0 radical (unpaired) electrons. The summed E-state index contributed by atoms with van der Waals surface area (Å²) in [6, 6.07) is 0.435. The Morgan fingerprint density at radius 3 is 2.45 bits per heavy atom. The molecule has 0 aliphatic carbocycles. The first kappa shape index (κ1) is 16.2. The molecule has 118 valence electrons. The smallest absolute Gasteiger partial charge is 0.279 e. The maximum Gasteiger partial charge on any atom is 0.279 e. The van der Waals surface area contributed by atoms with E-state index in [9.17, 15) is 8.42 Å². The highest BCUT2D eigenvalue weighted by Crippen LogP contribution is 2.20. The predicted octanol–water partition coefficient (Wildman–Crippen LogP) is -0.0111. The van der Waals surface area contributed by atoms with Crippen molar-refractivity contribution < 1.29 is 8.42 Å². The lowest BCUT2D eigenvalue weighted by Crippen LogP contribution is -2.53. The zero-order valence-electron chi connectivity index (χ0n) is 12.6. The standard InChI is InChI=1S/C13H28N4O2S/c1-14-10-13-6-3-4-9-17(13)20(18,19)15-11-12-7-5-8-16(12)2/h12-15H,3-11H2,1-2H3. The van der Waals surface area contributed by atoms with Gasteiger partial charge in [-0.15, -0.1) is 0 Å². The number of piperidine rings is 1. The van der Waals surface area contributed by atoms with E-state index in [0.29, 0.717) is 19.1 Å². The quantitative estimate of drug-likeness (QED) is 0.724. The van der Waals surface area contributed by atoms with E-state index in [2.05, 4.69) is 22.0 Å². The topological polar surface area (TPSA) is 64.7 Å². The molecule has 0 spiro atoms. The Morgan fingerprint density at radius 2 is 1.80 bits per heavy atom. The van der Waals surface area contributed by atoms with Gasteiger partial charge in [0, 0.05) is 31.7 Å². The second-order valence-corrected chi connectivity index (χ2v) is 7.66. The molecular formula is C13H28N4O2S. The first-order valence-electron chi connectivity index (χ1n) is 7.66. The van der Waals surface area contributed by atoms with Gasteiger partial charge in [0.15, 0.2) is 0 Å². The zero-order chi connectivity index (χ0) is 14.6. The third-order valence-corrected chi connectivity index (χ3v) is 6.12. The Hall–Kier alpha value is -0.210. The number of hydrogen-bond acceptors (Lipinski definition) is 4. The fourth-order valence-corrected chi connectivity index (χ4v) is 4.76. The van der Waals surface area contributed by atoms with Crippen LogP contribution in [-0.2, 0) is 10.2 Å². The number of hydrogen-bond donors (Lipinski definition) is 2. The van der Waals surface area contributed by atoms with E-state index in [1.54, 1.807) is 4.31 Å². The van der Waals surface area contributed by atoms with Crippen LogP contribution in [0, 0.1) is 0 Å². The molecular weight excluding hydrogens is 276 g/mol. The van der Waals surface area contributed by atoms with Crippen molar-refractivity contribution in [3.63, 3.8) is 0 Å². The molecule has 0 aromatic heterocycles. The molecule has 2 N–H and O–H groups in total. The van der Waals surface area contributed by atoms with Crippen molar-refractivity contribution in [1.29, 1.82) is 0 Å². The molecule has 2 heterocycles. The summed E-state index contributed by atoms with van der Waals surface area (Å²) in [4.78, 5) is 2.24. The number of rotatable bonds is 6. The van der Waals surface area contributed by atoms with Crippen LogP contribution in [0.25, 0.3) is 0 Å². The summed E-state index contributed by atoms with van der Waals surface area (Å²) >= 11 is 0. The highest BCUT2D eigenvalue weighted by atomic mass is 32.2. The Kier molecular flexibility index (Phi) is 5.80. The minimum absolute atomic E-state index is 0.0903. The van der Waals surface area contributed by atoms with Crippen LogP contribution in [0.15, 0.2) is 0 Å². The monoisotopic (exact) mass is 304 g/mol. The maximum atomic E-state index is 12.5. The minimum atomic E-state index is -3.35. The molecule has 0 saturated carbocycles. The molecule has 0 aromatic rings. The van der Waals surface area contributed by atoms with Gasteiger partial charge in [-0.05, 0) is 46.3 Å². The van der Waals surface area contributed by atoms with Crippen molar-refractivity contribution in [2.75, 3.05) is 40.3 Å². The van der Waals surface area contributed by atoms with E-state index in [1.807, 2.05) is 7.05 Å². The second-order valence-electron chi connectivity index (χ2n) is 5.95. The maximum absolute atomic E-state index is 12.5. The van der Waals surface area contributed by atoms with Gasteiger partial charge in [0.25, 0.3) is 10.2 Å². The van der Waals surface area contributed by atoms with Gasteiger partial charge in [-0.25, -0.2) is 4.72 Å². The van der Waals surface area contributed by atoms with Crippen molar-refractivity contribution in [2.45, 2.75) is 44.2 Å². The van der Waals surface area contributed by atoms with Crippen LogP contribution >= 0.6 is 0 Å². The molecule has 0 bridgehead atoms. The van der Waals surface area contributed by atoms with Gasteiger partial charge in [0.2, 0.25) is 0 Å². The Balaban J connectivity index is 1.93. The summed E-state index contributed by atoms with van der Waals surface area (Å²) in [5.74, 6) is 0. The first-order valence-corrected chi connectivity index (χ1v) is 9.10. The normalized spacial score (nSPS) is 29.9. The average molecular weight is 304 g/mol. The molecule has 2 saturated heterocycles. The molecule has 0 aromatic carbocycles. The summed E-state index contributed by atoms with van der Waals surface area (Å²) in [6.45, 7) is 2.96. The fourth-order valence-electron chi connectivity index (χ4n) is 3.25. The summed E-state index contributed by atoms with van der Waals surface area (Å²) in [7, 11) is 0.593. The lowest BCUT2D eigenvalue weighted by molar-refractivity contribution is 0.243. The van der Waals surface area contributed by atoms with Crippen molar-refractivity contribution >= 4 is 10.2 Å². The van der Waals surface area contributed by atoms with E-state index in [0.717, 1.165) is 45.2 Å². The summed E-state index contributed by atoms with van der Waals surface area (Å²) < 4.78 is 29.5. The van der Waals surface area contributed by atoms with Crippen molar-refractivity contribution in [2.24, 2.45) is 0 Å². The van der Waals surface area contributed by atoms with Crippen LogP contribution in [0.2, 0.25) is 0 Å². The van der Waals surface area contributed by atoms with E-state index in [4.69, 9.17) is 0 Å². The average Bonchev–Trinajstić information content (AvgIpc) is 2.83. The summed E-state index contributed by atoms with van der Waals surface area (Å²) in [5.41, 5.74) is 0. The molecule has 2 rings (SSSR count). The van der Waals surface area contributed by atoms with Crippen molar-refractivity contribution in [3.8, 4) is 0 Å². The van der Waals surface area contributed by atoms with Crippen LogP contribution in [-0.4, -0.2) is 70.0 Å². The third-order valence-electron chi connectivity index (χ3n) is 4.49. The number of nitrogens with one attached hydrogen (secondary N) is 2. The number of likely N-dealkylation sites (N-methyl/N-ethyl adjacent to an activating group) is 2. The van der Waals surface area contributed by atoms with E-state index in [-0.39, 0.29) is 6.04 Å². The van der Waals surface area contributed by atoms with Gasteiger partial charge in [-0.3, -0.25) is 0 Å². The second kappa shape index (κ2) is 7.17. The Morgan fingerprint density at radius 1 is 1.05 bits per heavy atom. The fraction of sp³-hybridized carbons (Fsp3) is 1.00. The zero-order valence-corrected chi connectivity index (χ0v) is 13.5. The molecule has 20 heavy (non-hydrogen) atoms. The highest BCUT2D eigenvalue weighted by molar-refractivity contribution is 7.87. The molecule has 2 aliphatic rings. The summed E-state index contributed by atoms with van der Waals surface area (Å²) in [6.07, 6.45) is 5.27. The minimum Gasteiger partial charge on any atom is -0.318 e. The van der Waals surface area contributed by atoms with Gasteiger partial charge in [0.05, 0.1) is 0 Å². The van der Waals surface area contributed by atoms with Gasteiger partial charge in [-0.2, -0.15) is 12.7 Å². The highest BCUT2D eigenvalue weighted by Gasteiger charge is 2.32. The van der Waals surface area contributed by atoms with Crippen LogP contribution in [0.1, 0.15) is 32.1 Å². The van der Waals surface area contributed by atoms with E-state index in [1.165, 1.54) is 0 Å². The lowest BCUT2D eigenvalue weighted by atomic mass is 10.1. The van der Waals surface area contributed by atoms with Gasteiger partial charge in [0.1, 0.15) is 0 Å². The molecule has 6 nitrogen and oxygen atoms in total.